The Kier molecular flexibility index (Phi) is 3.42. The maximum atomic E-state index is 11.2. The second-order valence-corrected chi connectivity index (χ2v) is 4.59. The summed E-state index contributed by atoms with van der Waals surface area (Å²) in [4.78, 5) is 11.2. The van der Waals surface area contributed by atoms with Gasteiger partial charge in [-0.2, -0.15) is 0 Å². The van der Waals surface area contributed by atoms with Crippen molar-refractivity contribution in [2.75, 3.05) is 11.1 Å². The number of hydrogen-bond donors (Lipinski definition) is 3. The third kappa shape index (κ3) is 2.85. The first-order valence-electron chi connectivity index (χ1n) is 6.01. The summed E-state index contributed by atoms with van der Waals surface area (Å²) in [6, 6.07) is 11.2. The van der Waals surface area contributed by atoms with Crippen LogP contribution in [0.3, 0.4) is 0 Å². The summed E-state index contributed by atoms with van der Waals surface area (Å²) in [6.45, 7) is 4.12. The topological polar surface area (TPSA) is 81.1 Å². The second-order valence-electron chi connectivity index (χ2n) is 4.59. The quantitative estimate of drug-likeness (QED) is 0.737. The first-order chi connectivity index (χ1) is 8.97. The molecule has 0 saturated heterocycles. The minimum absolute atomic E-state index is 0.328. The van der Waals surface area contributed by atoms with E-state index in [4.69, 9.17) is 11.5 Å². The van der Waals surface area contributed by atoms with Crippen molar-refractivity contribution in [3.8, 4) is 0 Å². The highest BCUT2D eigenvalue weighted by atomic mass is 16.1. The standard InChI is InChI=1S/C15H17N3O/c1-9-3-4-11(7-10(9)2)18-12-5-6-14(16)13(8-12)15(17)19/h3-8,18H,16H2,1-2H3,(H2,17,19). The predicted octanol–water partition coefficient (Wildman–Crippen LogP) is 2.73. The summed E-state index contributed by atoms with van der Waals surface area (Å²) >= 11 is 0. The van der Waals surface area contributed by atoms with Crippen molar-refractivity contribution in [1.82, 2.24) is 0 Å². The number of carbonyl (C=O) groups is 1. The Labute approximate surface area is 112 Å². The fraction of sp³-hybridized carbons (Fsp3) is 0.133. The molecule has 0 saturated carbocycles. The van der Waals surface area contributed by atoms with Crippen LogP contribution in [-0.2, 0) is 0 Å². The Morgan fingerprint density at radius 1 is 1.00 bits per heavy atom. The normalized spacial score (nSPS) is 10.2. The highest BCUT2D eigenvalue weighted by Crippen LogP contribution is 2.22. The van der Waals surface area contributed by atoms with Crippen molar-refractivity contribution in [3.63, 3.8) is 0 Å². The van der Waals surface area contributed by atoms with Gasteiger partial charge in [-0.05, 0) is 55.3 Å². The molecule has 5 N–H and O–H groups in total. The number of aryl methyl sites for hydroxylation is 2. The Morgan fingerprint density at radius 2 is 1.63 bits per heavy atom. The number of primary amides is 1. The van der Waals surface area contributed by atoms with E-state index in [1.807, 2.05) is 18.2 Å². The van der Waals surface area contributed by atoms with Crippen LogP contribution in [-0.4, -0.2) is 5.91 Å². The van der Waals surface area contributed by atoms with Crippen molar-refractivity contribution in [1.29, 1.82) is 0 Å². The molecule has 2 aromatic rings. The number of nitrogen functional groups attached to an aromatic ring is 1. The molecule has 0 spiro atoms. The van der Waals surface area contributed by atoms with E-state index in [-0.39, 0.29) is 0 Å². The highest BCUT2D eigenvalue weighted by molar-refractivity contribution is 5.99. The number of nitrogens with one attached hydrogen (secondary N) is 1. The van der Waals surface area contributed by atoms with E-state index < -0.39 is 5.91 Å². The van der Waals surface area contributed by atoms with Crippen molar-refractivity contribution in [2.24, 2.45) is 5.73 Å². The number of carbonyl (C=O) groups excluding carboxylic acids is 1. The van der Waals surface area contributed by atoms with Gasteiger partial charge in [-0.15, -0.1) is 0 Å². The summed E-state index contributed by atoms with van der Waals surface area (Å²) in [6.07, 6.45) is 0. The Balaban J connectivity index is 2.30. The van der Waals surface area contributed by atoms with Crippen LogP contribution in [0.25, 0.3) is 0 Å². The average molecular weight is 255 g/mol. The monoisotopic (exact) mass is 255 g/mol. The second kappa shape index (κ2) is 5.02. The van der Waals surface area contributed by atoms with Gasteiger partial charge in [-0.25, -0.2) is 0 Å². The Bertz CT molecular complexity index is 635. The van der Waals surface area contributed by atoms with E-state index in [0.717, 1.165) is 11.4 Å². The zero-order valence-corrected chi connectivity index (χ0v) is 11.0. The molecule has 0 fully saturated rings. The molecule has 0 aliphatic heterocycles. The van der Waals surface area contributed by atoms with Crippen LogP contribution >= 0.6 is 0 Å². The summed E-state index contributed by atoms with van der Waals surface area (Å²) in [5.41, 5.74) is 15.9. The molecule has 1 amide bonds. The van der Waals surface area contributed by atoms with E-state index in [2.05, 4.69) is 25.2 Å². The highest BCUT2D eigenvalue weighted by Gasteiger charge is 2.07. The summed E-state index contributed by atoms with van der Waals surface area (Å²) < 4.78 is 0. The zero-order valence-electron chi connectivity index (χ0n) is 11.0. The average Bonchev–Trinajstić information content (AvgIpc) is 2.36. The summed E-state index contributed by atoms with van der Waals surface area (Å²) in [5.74, 6) is -0.527. The largest absolute Gasteiger partial charge is 0.398 e. The fourth-order valence-corrected chi connectivity index (χ4v) is 1.83. The molecule has 4 nitrogen and oxygen atoms in total. The van der Waals surface area contributed by atoms with Gasteiger partial charge in [0.1, 0.15) is 0 Å². The van der Waals surface area contributed by atoms with Crippen LogP contribution in [0.5, 0.6) is 0 Å². The molecule has 0 atom stereocenters. The van der Waals surface area contributed by atoms with Gasteiger partial charge in [0.15, 0.2) is 0 Å². The molecular formula is C15H17N3O. The van der Waals surface area contributed by atoms with Crippen LogP contribution < -0.4 is 16.8 Å². The third-order valence-corrected chi connectivity index (χ3v) is 3.11. The van der Waals surface area contributed by atoms with E-state index in [9.17, 15) is 4.79 Å². The molecule has 0 unspecified atom stereocenters. The fourth-order valence-electron chi connectivity index (χ4n) is 1.83. The third-order valence-electron chi connectivity index (χ3n) is 3.11. The van der Waals surface area contributed by atoms with Crippen molar-refractivity contribution in [3.05, 3.63) is 53.1 Å². The molecule has 0 aromatic heterocycles. The molecule has 98 valence electrons. The molecule has 0 bridgehead atoms. The lowest BCUT2D eigenvalue weighted by Crippen LogP contribution is -2.13. The number of nitrogens with two attached hydrogens (primary N) is 2. The maximum Gasteiger partial charge on any atom is 0.250 e. The van der Waals surface area contributed by atoms with E-state index in [1.165, 1.54) is 11.1 Å². The number of rotatable bonds is 3. The smallest absolute Gasteiger partial charge is 0.250 e. The first-order valence-corrected chi connectivity index (χ1v) is 6.01. The molecule has 2 aromatic carbocycles. The minimum Gasteiger partial charge on any atom is -0.398 e. The van der Waals surface area contributed by atoms with Crippen LogP contribution in [0.2, 0.25) is 0 Å². The lowest BCUT2D eigenvalue weighted by molar-refractivity contribution is 0.100. The van der Waals surface area contributed by atoms with Gasteiger partial charge in [0.25, 0.3) is 5.91 Å². The lowest BCUT2D eigenvalue weighted by atomic mass is 10.1. The number of amides is 1. The van der Waals surface area contributed by atoms with E-state index >= 15 is 0 Å². The van der Waals surface area contributed by atoms with Crippen LogP contribution in [0.4, 0.5) is 17.1 Å². The van der Waals surface area contributed by atoms with Crippen molar-refractivity contribution in [2.45, 2.75) is 13.8 Å². The molecule has 2 rings (SSSR count). The van der Waals surface area contributed by atoms with Gasteiger partial charge in [-0.3, -0.25) is 4.79 Å². The van der Waals surface area contributed by atoms with Crippen molar-refractivity contribution >= 4 is 23.0 Å². The van der Waals surface area contributed by atoms with Gasteiger partial charge < -0.3 is 16.8 Å². The lowest BCUT2D eigenvalue weighted by Gasteiger charge is -2.10. The first kappa shape index (κ1) is 13.0. The molecule has 0 aliphatic rings. The number of anilines is 3. The van der Waals surface area contributed by atoms with E-state index in [0.29, 0.717) is 11.3 Å². The number of benzene rings is 2. The van der Waals surface area contributed by atoms with Crippen LogP contribution in [0.1, 0.15) is 21.5 Å². The van der Waals surface area contributed by atoms with Gasteiger partial charge in [0.2, 0.25) is 0 Å². The SMILES string of the molecule is Cc1ccc(Nc2ccc(N)c(C(N)=O)c2)cc1C. The van der Waals surface area contributed by atoms with Crippen molar-refractivity contribution < 1.29 is 4.79 Å². The molecule has 0 heterocycles. The molecule has 4 heteroatoms. The molecular weight excluding hydrogens is 238 g/mol. The summed E-state index contributed by atoms with van der Waals surface area (Å²) in [7, 11) is 0. The zero-order chi connectivity index (χ0) is 14.0. The minimum atomic E-state index is -0.527. The van der Waals surface area contributed by atoms with Crippen LogP contribution in [0.15, 0.2) is 36.4 Å². The van der Waals surface area contributed by atoms with Gasteiger partial charge in [0, 0.05) is 17.1 Å². The van der Waals surface area contributed by atoms with Gasteiger partial charge in [-0.1, -0.05) is 6.07 Å². The van der Waals surface area contributed by atoms with Gasteiger partial charge in [0.05, 0.1) is 5.56 Å². The van der Waals surface area contributed by atoms with Gasteiger partial charge >= 0.3 is 0 Å². The van der Waals surface area contributed by atoms with E-state index in [1.54, 1.807) is 12.1 Å². The Morgan fingerprint density at radius 3 is 2.26 bits per heavy atom. The molecule has 0 aliphatic carbocycles. The maximum absolute atomic E-state index is 11.2. The Hall–Kier alpha value is -2.49. The number of hydrogen-bond acceptors (Lipinski definition) is 3. The molecule has 0 radical (unpaired) electrons. The molecule has 19 heavy (non-hydrogen) atoms. The summed E-state index contributed by atoms with van der Waals surface area (Å²) in [5, 5.41) is 3.23. The predicted molar refractivity (Wildman–Crippen MR) is 78.6 cm³/mol. The van der Waals surface area contributed by atoms with Crippen LogP contribution in [0, 0.1) is 13.8 Å².